The van der Waals surface area contributed by atoms with E-state index < -0.39 is 0 Å². The molecule has 2 aliphatic carbocycles. The summed E-state index contributed by atoms with van der Waals surface area (Å²) in [6.45, 7) is 2.42. The SMILES string of the molecule is COC(=O)c1ccc(C(=O)Cc2cc3c4c(c2)CCCC4(C)CCC3)s1. The molecule has 136 valence electrons. The lowest BCUT2D eigenvalue weighted by molar-refractivity contribution is 0.0606. The van der Waals surface area contributed by atoms with E-state index in [1.165, 1.54) is 55.3 Å². The molecule has 0 aliphatic heterocycles. The van der Waals surface area contributed by atoms with Gasteiger partial charge in [-0.15, -0.1) is 11.3 Å². The molecular formula is C22H24O3S. The third kappa shape index (κ3) is 3.01. The number of carbonyl (C=O) groups is 2. The monoisotopic (exact) mass is 368 g/mol. The molecule has 1 aromatic heterocycles. The van der Waals surface area contributed by atoms with Crippen LogP contribution in [0.2, 0.25) is 0 Å². The topological polar surface area (TPSA) is 43.4 Å². The van der Waals surface area contributed by atoms with E-state index in [4.69, 9.17) is 4.74 Å². The van der Waals surface area contributed by atoms with Crippen LogP contribution in [-0.4, -0.2) is 18.9 Å². The number of esters is 1. The minimum Gasteiger partial charge on any atom is -0.465 e. The number of hydrogen-bond acceptors (Lipinski definition) is 4. The third-order valence-electron chi connectivity index (χ3n) is 5.95. The van der Waals surface area contributed by atoms with E-state index in [1.807, 2.05) is 0 Å². The first kappa shape index (κ1) is 17.5. The average molecular weight is 368 g/mol. The van der Waals surface area contributed by atoms with Crippen molar-refractivity contribution in [1.82, 2.24) is 0 Å². The average Bonchev–Trinajstić information content (AvgIpc) is 3.11. The zero-order chi connectivity index (χ0) is 18.3. The van der Waals surface area contributed by atoms with Crippen molar-refractivity contribution in [2.24, 2.45) is 0 Å². The highest BCUT2D eigenvalue weighted by Gasteiger charge is 2.36. The summed E-state index contributed by atoms with van der Waals surface area (Å²) < 4.78 is 4.73. The van der Waals surface area contributed by atoms with Crippen LogP contribution in [-0.2, 0) is 29.4 Å². The highest BCUT2D eigenvalue weighted by atomic mass is 32.1. The van der Waals surface area contributed by atoms with Gasteiger partial charge in [0.2, 0.25) is 0 Å². The minimum atomic E-state index is -0.383. The fraction of sp³-hybridized carbons (Fsp3) is 0.455. The molecule has 0 bridgehead atoms. The van der Waals surface area contributed by atoms with E-state index in [2.05, 4.69) is 19.1 Å². The van der Waals surface area contributed by atoms with Gasteiger partial charge in [-0.25, -0.2) is 4.79 Å². The fourth-order valence-corrected chi connectivity index (χ4v) is 5.66. The first-order valence-electron chi connectivity index (χ1n) is 9.37. The Bertz CT molecular complexity index is 846. The van der Waals surface area contributed by atoms with Gasteiger partial charge in [0.05, 0.1) is 12.0 Å². The Morgan fingerprint density at radius 1 is 1.08 bits per heavy atom. The zero-order valence-corrected chi connectivity index (χ0v) is 16.2. The predicted octanol–water partition coefficient (Wildman–Crippen LogP) is 4.89. The van der Waals surface area contributed by atoms with Crippen LogP contribution in [0.3, 0.4) is 0 Å². The van der Waals surface area contributed by atoms with E-state index in [-0.39, 0.29) is 11.8 Å². The van der Waals surface area contributed by atoms with E-state index in [1.54, 1.807) is 17.7 Å². The van der Waals surface area contributed by atoms with E-state index in [9.17, 15) is 9.59 Å². The Balaban J connectivity index is 1.60. The first-order chi connectivity index (χ1) is 12.5. The first-order valence-corrected chi connectivity index (χ1v) is 10.2. The molecule has 1 aromatic carbocycles. The summed E-state index contributed by atoms with van der Waals surface area (Å²) in [5.41, 5.74) is 5.95. The molecule has 0 amide bonds. The van der Waals surface area contributed by atoms with E-state index in [0.717, 1.165) is 18.4 Å². The van der Waals surface area contributed by atoms with Crippen molar-refractivity contribution in [3.05, 3.63) is 56.3 Å². The molecule has 2 aromatic rings. The summed E-state index contributed by atoms with van der Waals surface area (Å²) in [5, 5.41) is 0. The second kappa shape index (κ2) is 6.66. The molecule has 0 atom stereocenters. The van der Waals surface area contributed by atoms with Gasteiger partial charge in [0, 0.05) is 6.42 Å². The number of aryl methyl sites for hydroxylation is 2. The Kier molecular flexibility index (Phi) is 4.47. The molecule has 0 radical (unpaired) electrons. The minimum absolute atomic E-state index is 0.0756. The van der Waals surface area contributed by atoms with Crippen molar-refractivity contribution < 1.29 is 14.3 Å². The molecule has 0 spiro atoms. The Morgan fingerprint density at radius 2 is 1.69 bits per heavy atom. The van der Waals surface area contributed by atoms with Crippen molar-refractivity contribution in [2.75, 3.05) is 7.11 Å². The van der Waals surface area contributed by atoms with Crippen LogP contribution >= 0.6 is 11.3 Å². The second-order valence-corrected chi connectivity index (χ2v) is 8.90. The van der Waals surface area contributed by atoms with Crippen LogP contribution in [0.5, 0.6) is 0 Å². The molecule has 4 heteroatoms. The quantitative estimate of drug-likeness (QED) is 0.570. The summed E-state index contributed by atoms with van der Waals surface area (Å²) in [5.74, 6) is -0.307. The van der Waals surface area contributed by atoms with Crippen LogP contribution in [0.4, 0.5) is 0 Å². The van der Waals surface area contributed by atoms with Crippen molar-refractivity contribution in [1.29, 1.82) is 0 Å². The van der Waals surface area contributed by atoms with Crippen LogP contribution in [0.1, 0.15) is 74.2 Å². The predicted molar refractivity (Wildman–Crippen MR) is 103 cm³/mol. The van der Waals surface area contributed by atoms with Crippen LogP contribution in [0.15, 0.2) is 24.3 Å². The number of Topliss-reactive ketones (excluding diaryl/α,β-unsaturated/α-hetero) is 1. The Labute approximate surface area is 158 Å². The van der Waals surface area contributed by atoms with Crippen molar-refractivity contribution in [3.63, 3.8) is 0 Å². The second-order valence-electron chi connectivity index (χ2n) is 7.81. The number of rotatable bonds is 4. The largest absolute Gasteiger partial charge is 0.465 e. The molecule has 0 fully saturated rings. The smallest absolute Gasteiger partial charge is 0.348 e. The number of thiophene rings is 1. The molecule has 26 heavy (non-hydrogen) atoms. The van der Waals surface area contributed by atoms with Gasteiger partial charge in [0.1, 0.15) is 4.88 Å². The lowest BCUT2D eigenvalue weighted by Crippen LogP contribution is -2.32. The molecule has 3 nitrogen and oxygen atoms in total. The lowest BCUT2D eigenvalue weighted by atomic mass is 9.63. The van der Waals surface area contributed by atoms with Gasteiger partial charge < -0.3 is 4.74 Å². The normalized spacial score (nSPS) is 17.5. The molecule has 0 saturated heterocycles. The number of ketones is 1. The number of ether oxygens (including phenoxy) is 1. The zero-order valence-electron chi connectivity index (χ0n) is 15.4. The van der Waals surface area contributed by atoms with E-state index >= 15 is 0 Å². The summed E-state index contributed by atoms with van der Waals surface area (Å²) in [6.07, 6.45) is 7.73. The molecule has 2 aliphatic rings. The maximum Gasteiger partial charge on any atom is 0.348 e. The van der Waals surface area contributed by atoms with Gasteiger partial charge >= 0.3 is 5.97 Å². The maximum absolute atomic E-state index is 12.7. The number of carbonyl (C=O) groups excluding carboxylic acids is 2. The van der Waals surface area contributed by atoms with Gasteiger partial charge in [-0.05, 0) is 78.3 Å². The van der Waals surface area contributed by atoms with E-state index in [0.29, 0.717) is 21.6 Å². The summed E-state index contributed by atoms with van der Waals surface area (Å²) in [7, 11) is 1.36. The summed E-state index contributed by atoms with van der Waals surface area (Å²) >= 11 is 1.22. The van der Waals surface area contributed by atoms with Crippen molar-refractivity contribution >= 4 is 23.1 Å². The third-order valence-corrected chi connectivity index (χ3v) is 7.05. The Hall–Kier alpha value is -1.94. The molecular weight excluding hydrogens is 344 g/mol. The highest BCUT2D eigenvalue weighted by Crippen LogP contribution is 2.46. The highest BCUT2D eigenvalue weighted by molar-refractivity contribution is 7.15. The fourth-order valence-electron chi connectivity index (χ4n) is 4.80. The lowest BCUT2D eigenvalue weighted by Gasteiger charge is -2.41. The number of benzene rings is 1. The number of methoxy groups -OCH3 is 1. The molecule has 4 rings (SSSR count). The summed E-state index contributed by atoms with van der Waals surface area (Å²) in [6, 6.07) is 7.92. The summed E-state index contributed by atoms with van der Waals surface area (Å²) in [4.78, 5) is 25.4. The van der Waals surface area contributed by atoms with Crippen LogP contribution in [0.25, 0.3) is 0 Å². The van der Waals surface area contributed by atoms with Gasteiger partial charge in [0.25, 0.3) is 0 Å². The van der Waals surface area contributed by atoms with Gasteiger partial charge in [-0.1, -0.05) is 19.1 Å². The van der Waals surface area contributed by atoms with Gasteiger partial charge in [-0.2, -0.15) is 0 Å². The van der Waals surface area contributed by atoms with Crippen LogP contribution in [0, 0.1) is 0 Å². The van der Waals surface area contributed by atoms with Crippen LogP contribution < -0.4 is 0 Å². The Morgan fingerprint density at radius 3 is 2.31 bits per heavy atom. The standard InChI is InChI=1S/C22H24O3S/c1-22-9-3-5-15-11-14(12-16(20(15)22)6-4-10-22)13-17(23)18-7-8-19(26-18)21(24)25-2/h7-8,11-12H,3-6,9-10,13H2,1-2H3. The molecule has 0 unspecified atom stereocenters. The number of hydrogen-bond donors (Lipinski definition) is 0. The van der Waals surface area contributed by atoms with Gasteiger partial charge in [0.15, 0.2) is 5.78 Å². The molecule has 0 N–H and O–H groups in total. The molecule has 1 heterocycles. The van der Waals surface area contributed by atoms with Gasteiger partial charge in [-0.3, -0.25) is 4.79 Å². The maximum atomic E-state index is 12.7. The molecule has 0 saturated carbocycles. The van der Waals surface area contributed by atoms with Crippen molar-refractivity contribution in [3.8, 4) is 0 Å². The van der Waals surface area contributed by atoms with Crippen molar-refractivity contribution in [2.45, 2.75) is 57.3 Å².